The van der Waals surface area contributed by atoms with Crippen LogP contribution in [0.25, 0.3) is 0 Å². The van der Waals surface area contributed by atoms with E-state index in [-0.39, 0.29) is 29.6 Å². The van der Waals surface area contributed by atoms with Crippen molar-refractivity contribution in [3.63, 3.8) is 0 Å². The van der Waals surface area contributed by atoms with Crippen LogP contribution in [0.1, 0.15) is 28.4 Å². The van der Waals surface area contributed by atoms with Crippen LogP contribution in [0.2, 0.25) is 5.02 Å². The van der Waals surface area contributed by atoms with E-state index in [0.717, 1.165) is 16.8 Å². The van der Waals surface area contributed by atoms with Crippen molar-refractivity contribution >= 4 is 29.1 Å². The van der Waals surface area contributed by atoms with Gasteiger partial charge in [-0.25, -0.2) is 4.39 Å². The molecule has 6 heteroatoms. The van der Waals surface area contributed by atoms with Gasteiger partial charge in [0, 0.05) is 25.7 Å². The smallest absolute Gasteiger partial charge is 0.255 e. The van der Waals surface area contributed by atoms with E-state index in [1.165, 1.54) is 25.1 Å². The van der Waals surface area contributed by atoms with E-state index in [1.807, 2.05) is 32.0 Å². The molecule has 2 amide bonds. The number of rotatable bonds is 5. The largest absolute Gasteiger partial charge is 0.350 e. The average Bonchev–Trinajstić information content (AvgIpc) is 2.52. The number of hydrogen-bond donors (Lipinski definition) is 1. The lowest BCUT2D eigenvalue weighted by atomic mass is 10.1. The van der Waals surface area contributed by atoms with Crippen LogP contribution in [0, 0.1) is 19.7 Å². The van der Waals surface area contributed by atoms with Gasteiger partial charge in [0.05, 0.1) is 10.6 Å². The Morgan fingerprint density at radius 1 is 1.20 bits per heavy atom. The van der Waals surface area contributed by atoms with E-state index in [0.29, 0.717) is 0 Å². The number of carbonyl (C=O) groups is 2. The molecule has 1 N–H and O–H groups in total. The number of carbonyl (C=O) groups excluding carboxylic acids is 2. The number of anilines is 1. The van der Waals surface area contributed by atoms with Gasteiger partial charge in [0.25, 0.3) is 5.91 Å². The fourth-order valence-electron chi connectivity index (χ4n) is 2.64. The van der Waals surface area contributed by atoms with Crippen molar-refractivity contribution < 1.29 is 14.0 Å². The maximum absolute atomic E-state index is 13.8. The van der Waals surface area contributed by atoms with E-state index in [9.17, 15) is 14.0 Å². The van der Waals surface area contributed by atoms with Crippen molar-refractivity contribution in [1.82, 2.24) is 5.32 Å². The predicted octanol–water partition coefficient (Wildman–Crippen LogP) is 3.88. The summed E-state index contributed by atoms with van der Waals surface area (Å²) < 4.78 is 13.8. The molecule has 2 aromatic rings. The van der Waals surface area contributed by atoms with Crippen LogP contribution >= 0.6 is 11.6 Å². The highest BCUT2D eigenvalue weighted by atomic mass is 35.5. The Kier molecular flexibility index (Phi) is 6.15. The first-order chi connectivity index (χ1) is 11.8. The standard InChI is InChI=1S/C19H20ClFN2O2/c1-12-7-8-17(13(2)11-12)23(14(3)24)10-9-22-19(25)18-15(20)5-4-6-16(18)21/h4-8,11H,9-10H2,1-3H3,(H,22,25). The first-order valence-electron chi connectivity index (χ1n) is 7.89. The summed E-state index contributed by atoms with van der Waals surface area (Å²) in [6.45, 7) is 5.82. The molecule has 132 valence electrons. The molecule has 4 nitrogen and oxygen atoms in total. The van der Waals surface area contributed by atoms with Gasteiger partial charge in [-0.1, -0.05) is 35.4 Å². The number of nitrogens with zero attached hydrogens (tertiary/aromatic N) is 1. The summed E-state index contributed by atoms with van der Waals surface area (Å²) in [7, 11) is 0. The minimum absolute atomic E-state index is 0.0512. The summed E-state index contributed by atoms with van der Waals surface area (Å²) in [5, 5.41) is 2.66. The van der Waals surface area contributed by atoms with Crippen LogP contribution in [0.4, 0.5) is 10.1 Å². The maximum Gasteiger partial charge on any atom is 0.255 e. The fourth-order valence-corrected chi connectivity index (χ4v) is 2.89. The summed E-state index contributed by atoms with van der Waals surface area (Å²) in [5.74, 6) is -1.42. The molecule has 0 aliphatic carbocycles. The Morgan fingerprint density at radius 2 is 1.92 bits per heavy atom. The highest BCUT2D eigenvalue weighted by Gasteiger charge is 2.17. The number of nitrogens with one attached hydrogen (secondary N) is 1. The third-order valence-corrected chi connectivity index (χ3v) is 4.15. The Labute approximate surface area is 151 Å². The SMILES string of the molecule is CC(=O)N(CCNC(=O)c1c(F)cccc1Cl)c1ccc(C)cc1C. The van der Waals surface area contributed by atoms with Crippen LogP contribution in [-0.2, 0) is 4.79 Å². The van der Waals surface area contributed by atoms with Crippen LogP contribution in [0.15, 0.2) is 36.4 Å². The quantitative estimate of drug-likeness (QED) is 0.877. The van der Waals surface area contributed by atoms with Gasteiger partial charge in [-0.15, -0.1) is 0 Å². The zero-order valence-electron chi connectivity index (χ0n) is 14.4. The van der Waals surface area contributed by atoms with Crippen molar-refractivity contribution in [2.45, 2.75) is 20.8 Å². The van der Waals surface area contributed by atoms with Crippen LogP contribution in [0.5, 0.6) is 0 Å². The third-order valence-electron chi connectivity index (χ3n) is 3.83. The molecule has 0 spiro atoms. The molecule has 0 atom stereocenters. The van der Waals surface area contributed by atoms with Gasteiger partial charge >= 0.3 is 0 Å². The normalized spacial score (nSPS) is 10.4. The molecule has 0 aromatic heterocycles. The Morgan fingerprint density at radius 3 is 2.52 bits per heavy atom. The number of aryl methyl sites for hydroxylation is 2. The van der Waals surface area contributed by atoms with E-state index < -0.39 is 11.7 Å². The first-order valence-corrected chi connectivity index (χ1v) is 8.26. The molecule has 0 saturated carbocycles. The molecule has 2 aromatic carbocycles. The minimum Gasteiger partial charge on any atom is -0.350 e. The van der Waals surface area contributed by atoms with Crippen molar-refractivity contribution in [2.24, 2.45) is 0 Å². The summed E-state index contributed by atoms with van der Waals surface area (Å²) in [5.41, 5.74) is 2.67. The minimum atomic E-state index is -0.678. The van der Waals surface area contributed by atoms with Crippen molar-refractivity contribution in [3.8, 4) is 0 Å². The second-order valence-corrected chi connectivity index (χ2v) is 6.22. The highest BCUT2D eigenvalue weighted by molar-refractivity contribution is 6.33. The topological polar surface area (TPSA) is 49.4 Å². The number of amides is 2. The highest BCUT2D eigenvalue weighted by Crippen LogP contribution is 2.21. The lowest BCUT2D eigenvalue weighted by Crippen LogP contribution is -2.38. The molecule has 0 radical (unpaired) electrons. The van der Waals surface area contributed by atoms with Crippen molar-refractivity contribution in [2.75, 3.05) is 18.0 Å². The van der Waals surface area contributed by atoms with E-state index in [2.05, 4.69) is 5.32 Å². The molecule has 2 rings (SSSR count). The molecule has 0 aliphatic rings. The summed E-state index contributed by atoms with van der Waals surface area (Å²) >= 11 is 5.88. The molecule has 0 saturated heterocycles. The molecule has 0 aliphatic heterocycles. The van der Waals surface area contributed by atoms with Gasteiger partial charge in [-0.05, 0) is 37.6 Å². The van der Waals surface area contributed by atoms with Crippen LogP contribution < -0.4 is 10.2 Å². The third kappa shape index (κ3) is 4.57. The van der Waals surface area contributed by atoms with E-state index in [1.54, 1.807) is 4.90 Å². The number of halogens is 2. The molecule has 25 heavy (non-hydrogen) atoms. The summed E-state index contributed by atoms with van der Waals surface area (Å²) in [4.78, 5) is 25.7. The Hall–Kier alpha value is -2.40. The second kappa shape index (κ2) is 8.12. The first kappa shape index (κ1) is 18.9. The average molecular weight is 363 g/mol. The van der Waals surface area contributed by atoms with Crippen molar-refractivity contribution in [1.29, 1.82) is 0 Å². The zero-order chi connectivity index (χ0) is 18.6. The molecule has 0 fully saturated rings. The van der Waals surface area contributed by atoms with Gasteiger partial charge in [-0.2, -0.15) is 0 Å². The monoisotopic (exact) mass is 362 g/mol. The number of benzene rings is 2. The van der Waals surface area contributed by atoms with Crippen LogP contribution in [-0.4, -0.2) is 24.9 Å². The Bertz CT molecular complexity index is 788. The van der Waals surface area contributed by atoms with Crippen molar-refractivity contribution in [3.05, 3.63) is 63.9 Å². The van der Waals surface area contributed by atoms with E-state index in [4.69, 9.17) is 11.6 Å². The van der Waals surface area contributed by atoms with Gasteiger partial charge < -0.3 is 10.2 Å². The summed E-state index contributed by atoms with van der Waals surface area (Å²) in [6.07, 6.45) is 0. The molecule has 0 bridgehead atoms. The fraction of sp³-hybridized carbons (Fsp3) is 0.263. The lowest BCUT2D eigenvalue weighted by Gasteiger charge is -2.23. The number of hydrogen-bond acceptors (Lipinski definition) is 2. The maximum atomic E-state index is 13.8. The van der Waals surface area contributed by atoms with Gasteiger partial charge in [-0.3, -0.25) is 9.59 Å². The molecule has 0 heterocycles. The van der Waals surface area contributed by atoms with E-state index >= 15 is 0 Å². The summed E-state index contributed by atoms with van der Waals surface area (Å²) in [6, 6.07) is 9.86. The van der Waals surface area contributed by atoms with Crippen LogP contribution in [0.3, 0.4) is 0 Å². The van der Waals surface area contributed by atoms with Gasteiger partial charge in [0.1, 0.15) is 5.82 Å². The van der Waals surface area contributed by atoms with Gasteiger partial charge in [0.2, 0.25) is 5.91 Å². The zero-order valence-corrected chi connectivity index (χ0v) is 15.2. The molecular formula is C19H20ClFN2O2. The molecule has 0 unspecified atom stereocenters. The molecular weight excluding hydrogens is 343 g/mol. The Balaban J connectivity index is 2.07. The second-order valence-electron chi connectivity index (χ2n) is 5.81. The lowest BCUT2D eigenvalue weighted by molar-refractivity contribution is -0.116. The van der Waals surface area contributed by atoms with Gasteiger partial charge in [0.15, 0.2) is 0 Å². The predicted molar refractivity (Wildman–Crippen MR) is 97.7 cm³/mol.